The summed E-state index contributed by atoms with van der Waals surface area (Å²) in [5.41, 5.74) is 0. The molecule has 4 heteroatoms. The van der Waals surface area contributed by atoms with E-state index in [-0.39, 0.29) is 36.7 Å². The second-order valence-corrected chi connectivity index (χ2v) is 5.01. The van der Waals surface area contributed by atoms with E-state index in [0.29, 0.717) is 0 Å². The molecule has 0 radical (unpaired) electrons. The first-order valence-corrected chi connectivity index (χ1v) is 7.08. The molecule has 0 unspecified atom stereocenters. The molecule has 0 heterocycles. The van der Waals surface area contributed by atoms with Crippen LogP contribution in [0.1, 0.15) is 66.2 Å². The normalized spacial score (nSPS) is 13.8. The highest BCUT2D eigenvalue weighted by atomic mass is 16.2. The van der Waals surface area contributed by atoms with Crippen molar-refractivity contribution in [2.24, 2.45) is 0 Å². The third-order valence-corrected chi connectivity index (χ3v) is 2.84. The lowest BCUT2D eigenvalue weighted by Gasteiger charge is -2.14. The van der Waals surface area contributed by atoms with Gasteiger partial charge in [-0.25, -0.2) is 0 Å². The van der Waals surface area contributed by atoms with Gasteiger partial charge in [-0.1, -0.05) is 26.7 Å². The van der Waals surface area contributed by atoms with Gasteiger partial charge < -0.3 is 10.6 Å². The van der Waals surface area contributed by atoms with E-state index in [1.54, 1.807) is 0 Å². The van der Waals surface area contributed by atoms with Crippen molar-refractivity contribution in [3.8, 4) is 0 Å². The number of carbonyl (C=O) groups excluding carboxylic acids is 2. The van der Waals surface area contributed by atoms with Crippen LogP contribution in [0.5, 0.6) is 0 Å². The molecule has 0 spiro atoms. The SMILES string of the molecule is CCC[C@H](C)NC(=O)CCC(=O)N[C@@H](C)CCC. The van der Waals surface area contributed by atoms with Crippen molar-refractivity contribution in [1.29, 1.82) is 0 Å². The number of carbonyl (C=O) groups is 2. The average molecular weight is 256 g/mol. The van der Waals surface area contributed by atoms with Crippen LogP contribution in [0.3, 0.4) is 0 Å². The maximum Gasteiger partial charge on any atom is 0.220 e. The summed E-state index contributed by atoms with van der Waals surface area (Å²) in [7, 11) is 0. The second kappa shape index (κ2) is 9.92. The zero-order valence-corrected chi connectivity index (χ0v) is 12.2. The van der Waals surface area contributed by atoms with Crippen LogP contribution in [0.15, 0.2) is 0 Å². The summed E-state index contributed by atoms with van der Waals surface area (Å²) in [6.45, 7) is 8.16. The van der Waals surface area contributed by atoms with Gasteiger partial charge in [0.1, 0.15) is 0 Å². The zero-order valence-electron chi connectivity index (χ0n) is 12.2. The van der Waals surface area contributed by atoms with E-state index in [1.807, 2.05) is 13.8 Å². The maximum atomic E-state index is 11.6. The van der Waals surface area contributed by atoms with Crippen molar-refractivity contribution in [2.75, 3.05) is 0 Å². The first-order valence-electron chi connectivity index (χ1n) is 7.08. The number of nitrogens with one attached hydrogen (secondary N) is 2. The molecule has 0 aromatic carbocycles. The summed E-state index contributed by atoms with van der Waals surface area (Å²) in [6.07, 6.45) is 4.61. The minimum absolute atomic E-state index is 0.0331. The van der Waals surface area contributed by atoms with Crippen molar-refractivity contribution in [2.45, 2.75) is 78.3 Å². The predicted molar refractivity (Wildman–Crippen MR) is 74.3 cm³/mol. The molecule has 4 nitrogen and oxygen atoms in total. The molecule has 0 aromatic rings. The summed E-state index contributed by atoms with van der Waals surface area (Å²) >= 11 is 0. The number of amides is 2. The standard InChI is InChI=1S/C14H28N2O2/c1-5-7-11(3)15-13(17)9-10-14(18)16-12(4)8-6-2/h11-12H,5-10H2,1-4H3,(H,15,17)(H,16,18)/t11-,12-/m0/s1. The van der Waals surface area contributed by atoms with Gasteiger partial charge in [0, 0.05) is 24.9 Å². The van der Waals surface area contributed by atoms with Crippen LogP contribution >= 0.6 is 0 Å². The van der Waals surface area contributed by atoms with Crippen molar-refractivity contribution >= 4 is 11.8 Å². The minimum atomic E-state index is -0.0331. The van der Waals surface area contributed by atoms with Gasteiger partial charge in [-0.2, -0.15) is 0 Å². The van der Waals surface area contributed by atoms with Gasteiger partial charge in [-0.15, -0.1) is 0 Å². The van der Waals surface area contributed by atoms with Crippen LogP contribution in [0, 0.1) is 0 Å². The highest BCUT2D eigenvalue weighted by molar-refractivity contribution is 5.83. The van der Waals surface area contributed by atoms with E-state index in [4.69, 9.17) is 0 Å². The molecule has 106 valence electrons. The molecule has 18 heavy (non-hydrogen) atoms. The summed E-state index contributed by atoms with van der Waals surface area (Å²) in [5.74, 6) is -0.0662. The minimum Gasteiger partial charge on any atom is -0.354 e. The molecule has 0 aromatic heterocycles. The lowest BCUT2D eigenvalue weighted by molar-refractivity contribution is -0.127. The molecule has 0 rings (SSSR count). The topological polar surface area (TPSA) is 58.2 Å². The Hall–Kier alpha value is -1.06. The van der Waals surface area contributed by atoms with Gasteiger partial charge in [-0.3, -0.25) is 9.59 Å². The maximum absolute atomic E-state index is 11.6. The summed E-state index contributed by atoms with van der Waals surface area (Å²) in [4.78, 5) is 23.1. The first-order chi connectivity index (χ1) is 8.49. The Labute approximate surface area is 111 Å². The third-order valence-electron chi connectivity index (χ3n) is 2.84. The lowest BCUT2D eigenvalue weighted by Crippen LogP contribution is -2.35. The van der Waals surface area contributed by atoms with E-state index in [9.17, 15) is 9.59 Å². The Morgan fingerprint density at radius 2 is 1.17 bits per heavy atom. The van der Waals surface area contributed by atoms with Crippen molar-refractivity contribution in [3.05, 3.63) is 0 Å². The molecule has 0 aliphatic heterocycles. The summed E-state index contributed by atoms with van der Waals surface area (Å²) in [5, 5.41) is 5.79. The molecule has 2 N–H and O–H groups in total. The Morgan fingerprint density at radius 1 is 0.833 bits per heavy atom. The molecule has 0 saturated heterocycles. The fraction of sp³-hybridized carbons (Fsp3) is 0.857. The van der Waals surface area contributed by atoms with E-state index in [0.717, 1.165) is 25.7 Å². The molecule has 0 fully saturated rings. The molecular weight excluding hydrogens is 228 g/mol. The molecular formula is C14H28N2O2. The number of hydrogen-bond donors (Lipinski definition) is 2. The fourth-order valence-corrected chi connectivity index (χ4v) is 1.93. The predicted octanol–water partition coefficient (Wildman–Crippen LogP) is 2.38. The lowest BCUT2D eigenvalue weighted by atomic mass is 10.1. The smallest absolute Gasteiger partial charge is 0.220 e. The summed E-state index contributed by atoms with van der Waals surface area (Å²) < 4.78 is 0. The van der Waals surface area contributed by atoms with Crippen LogP contribution in [0.2, 0.25) is 0 Å². The van der Waals surface area contributed by atoms with Gasteiger partial charge in [0.15, 0.2) is 0 Å². The molecule has 0 aliphatic carbocycles. The van der Waals surface area contributed by atoms with Crippen molar-refractivity contribution < 1.29 is 9.59 Å². The molecule has 2 amide bonds. The van der Waals surface area contributed by atoms with E-state index in [1.165, 1.54) is 0 Å². The first kappa shape index (κ1) is 16.9. The van der Waals surface area contributed by atoms with E-state index < -0.39 is 0 Å². The van der Waals surface area contributed by atoms with Crippen LogP contribution in [0.4, 0.5) is 0 Å². The Morgan fingerprint density at radius 3 is 1.44 bits per heavy atom. The van der Waals surface area contributed by atoms with Crippen molar-refractivity contribution in [3.63, 3.8) is 0 Å². The highest BCUT2D eigenvalue weighted by Gasteiger charge is 2.10. The van der Waals surface area contributed by atoms with Gasteiger partial charge in [0.25, 0.3) is 0 Å². The number of rotatable bonds is 9. The Kier molecular flexibility index (Phi) is 9.33. The zero-order chi connectivity index (χ0) is 14.0. The van der Waals surface area contributed by atoms with Crippen LogP contribution in [0.25, 0.3) is 0 Å². The van der Waals surface area contributed by atoms with E-state index in [2.05, 4.69) is 24.5 Å². The highest BCUT2D eigenvalue weighted by Crippen LogP contribution is 1.99. The van der Waals surface area contributed by atoms with Gasteiger partial charge >= 0.3 is 0 Å². The quantitative estimate of drug-likeness (QED) is 0.665. The fourth-order valence-electron chi connectivity index (χ4n) is 1.93. The van der Waals surface area contributed by atoms with Crippen LogP contribution in [-0.2, 0) is 9.59 Å². The molecule has 0 bridgehead atoms. The Bertz CT molecular complexity index is 228. The second-order valence-electron chi connectivity index (χ2n) is 5.01. The van der Waals surface area contributed by atoms with Gasteiger partial charge in [0.05, 0.1) is 0 Å². The molecule has 0 saturated carbocycles. The molecule has 2 atom stereocenters. The van der Waals surface area contributed by atoms with Crippen molar-refractivity contribution in [1.82, 2.24) is 10.6 Å². The van der Waals surface area contributed by atoms with E-state index >= 15 is 0 Å². The van der Waals surface area contributed by atoms with Gasteiger partial charge in [-0.05, 0) is 26.7 Å². The monoisotopic (exact) mass is 256 g/mol. The largest absolute Gasteiger partial charge is 0.354 e. The van der Waals surface area contributed by atoms with Gasteiger partial charge in [0.2, 0.25) is 11.8 Å². The molecule has 0 aliphatic rings. The summed E-state index contributed by atoms with van der Waals surface area (Å²) in [6, 6.07) is 0.397. The third kappa shape index (κ3) is 9.02. The average Bonchev–Trinajstić information content (AvgIpc) is 2.27. The number of hydrogen-bond acceptors (Lipinski definition) is 2. The Balaban J connectivity index is 3.74. The van der Waals surface area contributed by atoms with Crippen LogP contribution in [-0.4, -0.2) is 23.9 Å². The van der Waals surface area contributed by atoms with Crippen LogP contribution < -0.4 is 10.6 Å².